The first-order valence-corrected chi connectivity index (χ1v) is 5.97. The van der Waals surface area contributed by atoms with Crippen LogP contribution in [0.1, 0.15) is 0 Å². The number of halogens is 2. The van der Waals surface area contributed by atoms with Gasteiger partial charge in [0.25, 0.3) is 5.91 Å². The zero-order chi connectivity index (χ0) is 15.1. The molecule has 0 bridgehead atoms. The van der Waals surface area contributed by atoms with E-state index in [4.69, 9.17) is 33.7 Å². The number of hydrogen-bond donors (Lipinski definition) is 2. The fraction of sp³-hybridized carbons (Fsp3) is 0.182. The summed E-state index contributed by atoms with van der Waals surface area (Å²) in [7, 11) is 0. The summed E-state index contributed by atoms with van der Waals surface area (Å²) in [5.74, 6) is -1.40. The Bertz CT molecular complexity index is 536. The summed E-state index contributed by atoms with van der Waals surface area (Å²) < 4.78 is 9.62. The van der Waals surface area contributed by atoms with Gasteiger partial charge in [0, 0.05) is 5.02 Å². The van der Waals surface area contributed by atoms with Gasteiger partial charge in [-0.2, -0.15) is 0 Å². The van der Waals surface area contributed by atoms with Crippen molar-refractivity contribution in [3.8, 4) is 5.75 Å². The number of hydrogen-bond acceptors (Lipinski definition) is 5. The molecule has 0 aromatic heterocycles. The Hall–Kier alpha value is -1.99. The third kappa shape index (κ3) is 5.77. The van der Waals surface area contributed by atoms with E-state index in [2.05, 4.69) is 4.74 Å². The van der Waals surface area contributed by atoms with Crippen LogP contribution in [0.2, 0.25) is 10.0 Å². The van der Waals surface area contributed by atoms with Gasteiger partial charge in [0.1, 0.15) is 5.75 Å². The van der Waals surface area contributed by atoms with Crippen LogP contribution < -0.4 is 15.8 Å². The Labute approximate surface area is 123 Å². The summed E-state index contributed by atoms with van der Waals surface area (Å²) in [6, 6.07) is 3.44. The summed E-state index contributed by atoms with van der Waals surface area (Å²) >= 11 is 11.5. The van der Waals surface area contributed by atoms with Gasteiger partial charge in [-0.05, 0) is 18.2 Å². The van der Waals surface area contributed by atoms with Gasteiger partial charge in [0.05, 0.1) is 5.02 Å². The molecular weight excluding hydrogens is 311 g/mol. The molecule has 0 unspecified atom stereocenters. The quantitative estimate of drug-likeness (QED) is 0.790. The fourth-order valence-corrected chi connectivity index (χ4v) is 1.55. The Balaban J connectivity index is 2.36. The van der Waals surface area contributed by atoms with Crippen molar-refractivity contribution in [2.75, 3.05) is 13.2 Å². The van der Waals surface area contributed by atoms with Crippen molar-refractivity contribution in [2.24, 2.45) is 5.73 Å². The van der Waals surface area contributed by atoms with Crippen molar-refractivity contribution in [1.29, 1.82) is 0 Å². The van der Waals surface area contributed by atoms with Crippen LogP contribution in [0.5, 0.6) is 5.75 Å². The van der Waals surface area contributed by atoms with Gasteiger partial charge in [-0.3, -0.25) is 10.1 Å². The topological polar surface area (TPSA) is 108 Å². The molecular formula is C11H10Cl2N2O5. The zero-order valence-corrected chi connectivity index (χ0v) is 11.5. The lowest BCUT2D eigenvalue weighted by Crippen LogP contribution is -2.38. The maximum Gasteiger partial charge on any atom is 0.344 e. The van der Waals surface area contributed by atoms with Crippen LogP contribution in [-0.2, 0) is 14.3 Å². The average molecular weight is 321 g/mol. The van der Waals surface area contributed by atoms with Crippen molar-refractivity contribution in [1.82, 2.24) is 5.32 Å². The van der Waals surface area contributed by atoms with Gasteiger partial charge >= 0.3 is 12.0 Å². The van der Waals surface area contributed by atoms with E-state index < -0.39 is 31.1 Å². The second-order valence-electron chi connectivity index (χ2n) is 3.44. The number of benzene rings is 1. The van der Waals surface area contributed by atoms with Crippen LogP contribution in [0.4, 0.5) is 4.79 Å². The van der Waals surface area contributed by atoms with E-state index in [1.165, 1.54) is 18.2 Å². The van der Waals surface area contributed by atoms with Gasteiger partial charge in [-0.25, -0.2) is 9.59 Å². The van der Waals surface area contributed by atoms with Gasteiger partial charge in [0.2, 0.25) is 0 Å². The van der Waals surface area contributed by atoms with Gasteiger partial charge in [-0.15, -0.1) is 0 Å². The van der Waals surface area contributed by atoms with Crippen molar-refractivity contribution >= 4 is 41.1 Å². The van der Waals surface area contributed by atoms with E-state index in [1.54, 1.807) is 5.32 Å². The number of primary amides is 1. The molecule has 1 aromatic rings. The Morgan fingerprint density at radius 3 is 2.50 bits per heavy atom. The summed E-state index contributed by atoms with van der Waals surface area (Å²) in [5.41, 5.74) is 4.70. The molecule has 0 saturated carbocycles. The first-order chi connectivity index (χ1) is 9.38. The first-order valence-electron chi connectivity index (χ1n) is 5.21. The molecule has 1 rings (SSSR count). The number of urea groups is 1. The molecule has 7 nitrogen and oxygen atoms in total. The van der Waals surface area contributed by atoms with Crippen LogP contribution in [0, 0.1) is 0 Å². The van der Waals surface area contributed by atoms with Crippen LogP contribution in [0.15, 0.2) is 18.2 Å². The zero-order valence-electron chi connectivity index (χ0n) is 10.0. The van der Waals surface area contributed by atoms with Crippen molar-refractivity contribution < 1.29 is 23.9 Å². The minimum Gasteiger partial charge on any atom is -0.480 e. The number of rotatable bonds is 5. The number of nitrogens with two attached hydrogens (primary N) is 1. The molecule has 0 aliphatic carbocycles. The molecule has 0 spiro atoms. The molecule has 0 aliphatic rings. The summed E-state index contributed by atoms with van der Waals surface area (Å²) in [5, 5.41) is 2.39. The predicted molar refractivity (Wildman–Crippen MR) is 70.6 cm³/mol. The third-order valence-electron chi connectivity index (χ3n) is 1.87. The number of esters is 1. The highest BCUT2D eigenvalue weighted by Crippen LogP contribution is 2.27. The number of ether oxygens (including phenoxy) is 2. The number of carbonyl (C=O) groups is 3. The molecule has 3 N–H and O–H groups in total. The number of carbonyl (C=O) groups excluding carboxylic acids is 3. The lowest BCUT2D eigenvalue weighted by Gasteiger charge is -2.08. The van der Waals surface area contributed by atoms with Crippen molar-refractivity contribution in [3.63, 3.8) is 0 Å². The minimum atomic E-state index is -1.03. The smallest absolute Gasteiger partial charge is 0.344 e. The molecule has 0 fully saturated rings. The number of imide groups is 1. The molecule has 108 valence electrons. The second-order valence-corrected chi connectivity index (χ2v) is 4.28. The van der Waals surface area contributed by atoms with E-state index in [1.807, 2.05) is 0 Å². The van der Waals surface area contributed by atoms with Gasteiger partial charge in [0.15, 0.2) is 13.2 Å². The first kappa shape index (κ1) is 16.1. The SMILES string of the molecule is NC(=O)NC(=O)COC(=O)COc1ccc(Cl)cc1Cl. The minimum absolute atomic E-state index is 0.233. The highest BCUT2D eigenvalue weighted by molar-refractivity contribution is 6.35. The average Bonchev–Trinajstić information content (AvgIpc) is 2.34. The van der Waals surface area contributed by atoms with E-state index >= 15 is 0 Å². The largest absolute Gasteiger partial charge is 0.480 e. The molecule has 0 radical (unpaired) electrons. The molecule has 1 aromatic carbocycles. The second kappa shape index (κ2) is 7.56. The molecule has 0 atom stereocenters. The molecule has 0 heterocycles. The van der Waals surface area contributed by atoms with Crippen LogP contribution >= 0.6 is 23.2 Å². The normalized spacial score (nSPS) is 9.70. The summed E-state index contributed by atoms with van der Waals surface area (Å²) in [6.45, 7) is -1.09. The standard InChI is InChI=1S/C11H10Cl2N2O5/c12-6-1-2-8(7(13)3-6)19-5-10(17)20-4-9(16)15-11(14)18/h1-3H,4-5H2,(H3,14,15,16,18). The van der Waals surface area contributed by atoms with Crippen molar-refractivity contribution in [3.05, 3.63) is 28.2 Å². The molecule has 0 aliphatic heterocycles. The third-order valence-corrected chi connectivity index (χ3v) is 2.40. The molecule has 0 saturated heterocycles. The number of nitrogens with one attached hydrogen (secondary N) is 1. The fourth-order valence-electron chi connectivity index (χ4n) is 1.09. The lowest BCUT2D eigenvalue weighted by atomic mass is 10.3. The Morgan fingerprint density at radius 1 is 1.20 bits per heavy atom. The van der Waals surface area contributed by atoms with E-state index in [0.29, 0.717) is 5.02 Å². The van der Waals surface area contributed by atoms with E-state index in [-0.39, 0.29) is 10.8 Å². The van der Waals surface area contributed by atoms with Crippen LogP contribution in [0.3, 0.4) is 0 Å². The molecule has 9 heteroatoms. The summed E-state index contributed by atoms with van der Waals surface area (Å²) in [6.07, 6.45) is 0. The van der Waals surface area contributed by atoms with E-state index in [9.17, 15) is 14.4 Å². The lowest BCUT2D eigenvalue weighted by molar-refractivity contribution is -0.150. The highest BCUT2D eigenvalue weighted by Gasteiger charge is 2.11. The molecule has 3 amide bonds. The molecule has 20 heavy (non-hydrogen) atoms. The van der Waals surface area contributed by atoms with Crippen LogP contribution in [-0.4, -0.2) is 31.1 Å². The van der Waals surface area contributed by atoms with Gasteiger partial charge < -0.3 is 15.2 Å². The monoisotopic (exact) mass is 320 g/mol. The highest BCUT2D eigenvalue weighted by atomic mass is 35.5. The summed E-state index contributed by atoms with van der Waals surface area (Å²) in [4.78, 5) is 32.6. The van der Waals surface area contributed by atoms with E-state index in [0.717, 1.165) is 0 Å². The maximum atomic E-state index is 11.3. The maximum absolute atomic E-state index is 11.3. The Morgan fingerprint density at radius 2 is 1.90 bits per heavy atom. The Kier molecular flexibility index (Phi) is 6.08. The van der Waals surface area contributed by atoms with Gasteiger partial charge in [-0.1, -0.05) is 23.2 Å². The number of amides is 3. The predicted octanol–water partition coefficient (Wildman–Crippen LogP) is 1.11. The van der Waals surface area contributed by atoms with Crippen molar-refractivity contribution in [2.45, 2.75) is 0 Å². The van der Waals surface area contributed by atoms with Crippen LogP contribution in [0.25, 0.3) is 0 Å².